The number of aryl methyl sites for hydroxylation is 2. The quantitative estimate of drug-likeness (QED) is 0.851. The molecule has 1 amide bonds. The van der Waals surface area contributed by atoms with E-state index < -0.39 is 0 Å². The molecule has 4 heteroatoms. The predicted molar refractivity (Wildman–Crippen MR) is 103 cm³/mol. The van der Waals surface area contributed by atoms with Crippen LogP contribution in [0.4, 0.5) is 5.69 Å². The Morgan fingerprint density at radius 3 is 2.58 bits per heavy atom. The maximum Gasteiger partial charge on any atom is 0.250 e. The van der Waals surface area contributed by atoms with Gasteiger partial charge in [0.1, 0.15) is 6.04 Å². The first-order valence-corrected chi connectivity index (χ1v) is 9.52. The van der Waals surface area contributed by atoms with E-state index in [2.05, 4.69) is 42.2 Å². The molecule has 2 aromatic carbocycles. The van der Waals surface area contributed by atoms with Gasteiger partial charge in [0.15, 0.2) is 0 Å². The van der Waals surface area contributed by atoms with Crippen LogP contribution in [0.25, 0.3) is 0 Å². The third-order valence-corrected chi connectivity index (χ3v) is 5.37. The molecule has 0 bridgehead atoms. The van der Waals surface area contributed by atoms with Crippen LogP contribution in [0, 0.1) is 6.92 Å². The van der Waals surface area contributed by atoms with Gasteiger partial charge in [-0.1, -0.05) is 48.0 Å². The van der Waals surface area contributed by atoms with Crippen molar-refractivity contribution < 1.29 is 9.53 Å². The number of morpholine rings is 1. The summed E-state index contributed by atoms with van der Waals surface area (Å²) in [7, 11) is 0. The summed E-state index contributed by atoms with van der Waals surface area (Å²) >= 11 is 0. The molecule has 136 valence electrons. The Hall–Kier alpha value is -2.33. The van der Waals surface area contributed by atoms with Gasteiger partial charge in [0.25, 0.3) is 0 Å². The molecule has 2 aromatic rings. The second-order valence-corrected chi connectivity index (χ2v) is 7.18. The molecule has 4 nitrogen and oxygen atoms in total. The lowest BCUT2D eigenvalue weighted by Crippen LogP contribution is -2.48. The monoisotopic (exact) mass is 350 g/mol. The topological polar surface area (TPSA) is 32.8 Å². The van der Waals surface area contributed by atoms with Crippen LogP contribution in [0.1, 0.15) is 29.2 Å². The molecule has 1 unspecified atom stereocenters. The number of hydrogen-bond donors (Lipinski definition) is 0. The van der Waals surface area contributed by atoms with Crippen LogP contribution in [0.15, 0.2) is 48.5 Å². The molecular weight excluding hydrogens is 324 g/mol. The maximum atomic E-state index is 13.5. The first kappa shape index (κ1) is 17.1. The average Bonchev–Trinajstić information content (AvgIpc) is 2.69. The van der Waals surface area contributed by atoms with Gasteiger partial charge < -0.3 is 14.5 Å². The van der Waals surface area contributed by atoms with E-state index in [9.17, 15) is 4.79 Å². The number of carbonyl (C=O) groups excluding carboxylic acids is 1. The molecule has 2 aliphatic rings. The number of amides is 1. The van der Waals surface area contributed by atoms with Crippen LogP contribution >= 0.6 is 0 Å². The van der Waals surface area contributed by atoms with Crippen molar-refractivity contribution in [2.75, 3.05) is 37.7 Å². The smallest absolute Gasteiger partial charge is 0.250 e. The highest BCUT2D eigenvalue weighted by Crippen LogP contribution is 2.35. The molecule has 0 aromatic heterocycles. The second kappa shape index (κ2) is 7.50. The van der Waals surface area contributed by atoms with E-state index in [1.165, 1.54) is 16.8 Å². The van der Waals surface area contributed by atoms with E-state index in [-0.39, 0.29) is 11.9 Å². The molecule has 2 heterocycles. The first-order valence-electron chi connectivity index (χ1n) is 9.52. The van der Waals surface area contributed by atoms with Crippen molar-refractivity contribution in [1.82, 2.24) is 4.90 Å². The highest BCUT2D eigenvalue weighted by Gasteiger charge is 2.34. The lowest BCUT2D eigenvalue weighted by atomic mass is 9.95. The fourth-order valence-corrected chi connectivity index (χ4v) is 4.07. The summed E-state index contributed by atoms with van der Waals surface area (Å²) in [5.41, 5.74) is 4.91. The van der Waals surface area contributed by atoms with Crippen LogP contribution < -0.4 is 4.90 Å². The summed E-state index contributed by atoms with van der Waals surface area (Å²) in [5.74, 6) is 0.188. The molecule has 4 rings (SSSR count). The van der Waals surface area contributed by atoms with Gasteiger partial charge in [0.2, 0.25) is 5.91 Å². The van der Waals surface area contributed by atoms with Crippen LogP contribution in [-0.4, -0.2) is 43.7 Å². The first-order chi connectivity index (χ1) is 12.7. The van der Waals surface area contributed by atoms with E-state index >= 15 is 0 Å². The highest BCUT2D eigenvalue weighted by atomic mass is 16.5. The molecule has 1 atom stereocenters. The average molecular weight is 350 g/mol. The molecule has 0 radical (unpaired) electrons. The Morgan fingerprint density at radius 1 is 1.04 bits per heavy atom. The molecular formula is C22H26N2O2. The Kier molecular flexibility index (Phi) is 4.93. The summed E-state index contributed by atoms with van der Waals surface area (Å²) in [6.45, 7) is 5.65. The van der Waals surface area contributed by atoms with Crippen molar-refractivity contribution in [2.24, 2.45) is 0 Å². The van der Waals surface area contributed by atoms with E-state index in [4.69, 9.17) is 4.74 Å². The normalized spacial score (nSPS) is 18.3. The number of ether oxygens (including phenoxy) is 1. The number of benzene rings is 2. The minimum absolute atomic E-state index is 0.188. The SMILES string of the molecule is Cc1ccc2c(c1)CCCN2C(C(=O)N1CCOCC1)c1ccccc1. The molecule has 0 spiro atoms. The van der Waals surface area contributed by atoms with Gasteiger partial charge in [-0.2, -0.15) is 0 Å². The van der Waals surface area contributed by atoms with E-state index in [0.717, 1.165) is 24.9 Å². The fraction of sp³-hybridized carbons (Fsp3) is 0.409. The number of hydrogen-bond acceptors (Lipinski definition) is 3. The van der Waals surface area contributed by atoms with Gasteiger partial charge in [-0.05, 0) is 37.0 Å². The summed E-state index contributed by atoms with van der Waals surface area (Å²) < 4.78 is 5.44. The zero-order valence-electron chi connectivity index (χ0n) is 15.4. The molecule has 26 heavy (non-hydrogen) atoms. The Labute approximate surface area is 155 Å². The number of anilines is 1. The highest BCUT2D eigenvalue weighted by molar-refractivity contribution is 5.87. The molecule has 1 fully saturated rings. The van der Waals surface area contributed by atoms with E-state index in [1.807, 2.05) is 23.1 Å². The molecule has 1 saturated heterocycles. The van der Waals surface area contributed by atoms with Crippen LogP contribution in [0.3, 0.4) is 0 Å². The Morgan fingerprint density at radius 2 is 1.81 bits per heavy atom. The van der Waals surface area contributed by atoms with Gasteiger partial charge in [-0.15, -0.1) is 0 Å². The molecule has 0 N–H and O–H groups in total. The maximum absolute atomic E-state index is 13.5. The van der Waals surface area contributed by atoms with Crippen molar-refractivity contribution in [1.29, 1.82) is 0 Å². The third-order valence-electron chi connectivity index (χ3n) is 5.37. The van der Waals surface area contributed by atoms with Crippen molar-refractivity contribution in [3.63, 3.8) is 0 Å². The summed E-state index contributed by atoms with van der Waals surface area (Å²) in [6.07, 6.45) is 2.16. The molecule has 0 aliphatic carbocycles. The van der Waals surface area contributed by atoms with Crippen LogP contribution in [0.2, 0.25) is 0 Å². The van der Waals surface area contributed by atoms with Gasteiger partial charge in [-0.3, -0.25) is 4.79 Å². The van der Waals surface area contributed by atoms with Crippen molar-refractivity contribution in [3.05, 3.63) is 65.2 Å². The Balaban J connectivity index is 1.73. The number of carbonyl (C=O) groups is 1. The lowest BCUT2D eigenvalue weighted by molar-refractivity contribution is -0.137. The van der Waals surface area contributed by atoms with Crippen LogP contribution in [0.5, 0.6) is 0 Å². The largest absolute Gasteiger partial charge is 0.378 e. The summed E-state index contributed by atoms with van der Waals surface area (Å²) in [5, 5.41) is 0. The van der Waals surface area contributed by atoms with Gasteiger partial charge >= 0.3 is 0 Å². The fourth-order valence-electron chi connectivity index (χ4n) is 4.07. The minimum atomic E-state index is -0.268. The molecule has 2 aliphatic heterocycles. The van der Waals surface area contributed by atoms with Crippen LogP contribution in [-0.2, 0) is 16.0 Å². The zero-order chi connectivity index (χ0) is 17.9. The van der Waals surface area contributed by atoms with E-state index in [1.54, 1.807) is 0 Å². The van der Waals surface area contributed by atoms with E-state index in [0.29, 0.717) is 26.3 Å². The Bertz CT molecular complexity index is 769. The van der Waals surface area contributed by atoms with Gasteiger partial charge in [-0.25, -0.2) is 0 Å². The third kappa shape index (κ3) is 3.34. The predicted octanol–water partition coefficient (Wildman–Crippen LogP) is 3.35. The van der Waals surface area contributed by atoms with Gasteiger partial charge in [0.05, 0.1) is 13.2 Å². The second-order valence-electron chi connectivity index (χ2n) is 7.18. The lowest BCUT2D eigenvalue weighted by Gasteiger charge is -2.40. The number of fused-ring (bicyclic) bond motifs is 1. The van der Waals surface area contributed by atoms with Gasteiger partial charge in [0, 0.05) is 25.3 Å². The van der Waals surface area contributed by atoms with Crippen molar-refractivity contribution >= 4 is 11.6 Å². The minimum Gasteiger partial charge on any atom is -0.378 e. The summed E-state index contributed by atoms with van der Waals surface area (Å²) in [4.78, 5) is 17.8. The van der Waals surface area contributed by atoms with Crippen molar-refractivity contribution in [2.45, 2.75) is 25.8 Å². The standard InChI is InChI=1S/C22H26N2O2/c1-17-9-10-20-19(16-17)8-5-11-24(20)21(18-6-3-2-4-7-18)22(25)23-12-14-26-15-13-23/h2-4,6-7,9-10,16,21H,5,8,11-15H2,1H3. The number of rotatable bonds is 3. The number of nitrogens with zero attached hydrogens (tertiary/aromatic N) is 2. The van der Waals surface area contributed by atoms with Crippen molar-refractivity contribution in [3.8, 4) is 0 Å². The zero-order valence-corrected chi connectivity index (χ0v) is 15.4. The summed E-state index contributed by atoms with van der Waals surface area (Å²) in [6, 6.07) is 16.5. The molecule has 0 saturated carbocycles.